The van der Waals surface area contributed by atoms with Gasteiger partial charge in [0.15, 0.2) is 0 Å². The molecule has 314 valence electrons. The van der Waals surface area contributed by atoms with Gasteiger partial charge in [0.05, 0.1) is 17.5 Å². The molecule has 4 N–H and O–H groups in total. The summed E-state index contributed by atoms with van der Waals surface area (Å²) < 4.78 is 0. The van der Waals surface area contributed by atoms with Crippen LogP contribution in [-0.2, 0) is 41.8 Å². The molecule has 11 nitrogen and oxygen atoms in total. The number of hydrogen-bond donors (Lipinski definition) is 4. The summed E-state index contributed by atoms with van der Waals surface area (Å²) in [7, 11) is 0. The number of carboxylic acid groups (broad SMARTS) is 2. The van der Waals surface area contributed by atoms with Gasteiger partial charge in [-0.25, -0.2) is 4.79 Å². The number of anilines is 2. The van der Waals surface area contributed by atoms with Crippen LogP contribution in [0.5, 0.6) is 0 Å². The van der Waals surface area contributed by atoms with Gasteiger partial charge in [0.25, 0.3) is 11.8 Å². The Morgan fingerprint density at radius 1 is 0.746 bits per heavy atom. The summed E-state index contributed by atoms with van der Waals surface area (Å²) in [5.74, 6) is -2.67. The second-order valence-corrected chi connectivity index (χ2v) is 17.4. The van der Waals surface area contributed by atoms with Crippen LogP contribution < -0.4 is 10.6 Å². The molecule has 0 aliphatic heterocycles. The number of amides is 3. The quantitative estimate of drug-likeness (QED) is 0.0730. The van der Waals surface area contributed by atoms with Crippen molar-refractivity contribution in [2.24, 2.45) is 0 Å². The van der Waals surface area contributed by atoms with Crippen molar-refractivity contribution in [3.05, 3.63) is 117 Å². The van der Waals surface area contributed by atoms with Gasteiger partial charge in [-0.3, -0.25) is 24.1 Å². The molecule has 0 saturated carbocycles. The van der Waals surface area contributed by atoms with E-state index in [9.17, 15) is 24.0 Å². The molecular weight excluding hydrogens is 765 g/mol. The van der Waals surface area contributed by atoms with Crippen LogP contribution in [0.3, 0.4) is 0 Å². The van der Waals surface area contributed by atoms with Crippen molar-refractivity contribution in [1.29, 1.82) is 0 Å². The first-order valence-electron chi connectivity index (χ1n) is 20.7. The number of hydrogen-bond acceptors (Lipinski definition) is 7. The highest BCUT2D eigenvalue weighted by atomic mass is 32.1. The Balaban J connectivity index is 1.27. The number of carbonyl (C=O) groups excluding carboxylic acids is 3. The van der Waals surface area contributed by atoms with Crippen LogP contribution in [0.4, 0.5) is 10.7 Å². The van der Waals surface area contributed by atoms with E-state index in [-0.39, 0.29) is 42.2 Å². The van der Waals surface area contributed by atoms with Crippen molar-refractivity contribution in [1.82, 2.24) is 9.80 Å². The Labute approximate surface area is 351 Å². The summed E-state index contributed by atoms with van der Waals surface area (Å²) in [6.45, 7) is 11.8. The molecule has 12 heteroatoms. The van der Waals surface area contributed by atoms with Crippen LogP contribution in [0.25, 0.3) is 0 Å². The van der Waals surface area contributed by atoms with Crippen LogP contribution in [0.1, 0.15) is 131 Å². The first-order chi connectivity index (χ1) is 28.2. The zero-order valence-corrected chi connectivity index (χ0v) is 35.8. The van der Waals surface area contributed by atoms with Gasteiger partial charge >= 0.3 is 11.9 Å². The number of carbonyl (C=O) groups is 5. The molecule has 0 unspecified atom stereocenters. The maximum atomic E-state index is 14.0. The number of aromatic carboxylic acids is 1. The Kier molecular flexibility index (Phi) is 15.6. The molecular formula is C47H58N4O7S. The maximum absolute atomic E-state index is 14.0. The molecule has 3 aromatic carbocycles. The number of rotatable bonds is 19. The van der Waals surface area contributed by atoms with Crippen molar-refractivity contribution < 1.29 is 34.2 Å². The molecule has 0 atom stereocenters. The monoisotopic (exact) mass is 822 g/mol. The predicted molar refractivity (Wildman–Crippen MR) is 234 cm³/mol. The van der Waals surface area contributed by atoms with Gasteiger partial charge in [0.1, 0.15) is 5.00 Å². The minimum absolute atomic E-state index is 0.0462. The topological polar surface area (TPSA) is 156 Å². The molecule has 0 spiro atoms. The molecule has 0 bridgehead atoms. The van der Waals surface area contributed by atoms with E-state index in [2.05, 4.69) is 29.4 Å². The van der Waals surface area contributed by atoms with E-state index in [0.29, 0.717) is 41.4 Å². The van der Waals surface area contributed by atoms with Crippen molar-refractivity contribution in [3.8, 4) is 0 Å². The van der Waals surface area contributed by atoms with Crippen molar-refractivity contribution in [2.75, 3.05) is 23.7 Å². The third-order valence-electron chi connectivity index (χ3n) is 11.0. The molecule has 0 radical (unpaired) electrons. The summed E-state index contributed by atoms with van der Waals surface area (Å²) in [6.07, 6.45) is 6.73. The molecule has 1 heterocycles. The Morgan fingerprint density at radius 3 is 2.00 bits per heavy atom. The Morgan fingerprint density at radius 2 is 1.39 bits per heavy atom. The maximum Gasteiger partial charge on any atom is 0.335 e. The lowest BCUT2D eigenvalue weighted by molar-refractivity contribution is -0.143. The minimum atomic E-state index is -0.993. The number of aryl methyl sites for hydroxylation is 3. The smallest absolute Gasteiger partial charge is 0.335 e. The van der Waals surface area contributed by atoms with E-state index in [0.717, 1.165) is 78.5 Å². The minimum Gasteiger partial charge on any atom is -0.481 e. The van der Waals surface area contributed by atoms with E-state index in [1.807, 2.05) is 75.4 Å². The number of fused-ring (bicyclic) bond motifs is 1. The van der Waals surface area contributed by atoms with Gasteiger partial charge in [0, 0.05) is 53.8 Å². The van der Waals surface area contributed by atoms with Crippen LogP contribution in [0.15, 0.2) is 72.8 Å². The third-order valence-corrected chi connectivity index (χ3v) is 12.3. The second-order valence-electron chi connectivity index (χ2n) is 16.3. The average Bonchev–Trinajstić information content (AvgIpc) is 3.57. The number of carboxylic acids is 2. The molecule has 3 amide bonds. The Hall–Kier alpha value is -5.33. The molecule has 1 aliphatic carbocycles. The first-order valence-corrected chi connectivity index (χ1v) is 21.5. The molecule has 0 saturated heterocycles. The van der Waals surface area contributed by atoms with Gasteiger partial charge < -0.3 is 25.7 Å². The summed E-state index contributed by atoms with van der Waals surface area (Å²) >= 11 is 1.48. The fourth-order valence-electron chi connectivity index (χ4n) is 7.77. The number of nitrogens with zero attached hydrogens (tertiary/aromatic N) is 2. The molecule has 59 heavy (non-hydrogen) atoms. The van der Waals surface area contributed by atoms with Crippen LogP contribution in [-0.4, -0.2) is 74.3 Å². The van der Waals surface area contributed by atoms with E-state index < -0.39 is 17.5 Å². The van der Waals surface area contributed by atoms with E-state index in [1.165, 1.54) is 11.3 Å². The fourth-order valence-corrected chi connectivity index (χ4v) is 9.05. The number of nitrogens with one attached hydrogen (secondary N) is 2. The number of aliphatic carboxylic acids is 1. The molecule has 1 aliphatic rings. The summed E-state index contributed by atoms with van der Waals surface area (Å²) in [6, 6.07) is 22.4. The summed E-state index contributed by atoms with van der Waals surface area (Å²) in [5, 5.41) is 25.0. The zero-order chi connectivity index (χ0) is 42.7. The highest BCUT2D eigenvalue weighted by Gasteiger charge is 2.29. The van der Waals surface area contributed by atoms with E-state index in [1.54, 1.807) is 23.1 Å². The standard InChI is InChI=1S/C47H58N4O7S/c1-6-37(7-2)50(27-28-51(47(3,4)5)40(52)25-26-41(53)54)30-33-11-10-12-35(29-33)43(55)49-45-42(38-13-8-9-14-39(38)59-45)44(56)48-36-23-19-32(20-24-36)16-15-31-17-21-34(22-18-31)46(57)58/h10-12,17-24,29,37H,6-9,13-16,25-28,30H2,1-5H3,(H,48,56)(H,49,55)(H,53,54)(H,57,58). The Bertz CT molecular complexity index is 2100. The lowest BCUT2D eigenvalue weighted by atomic mass is 9.95. The lowest BCUT2D eigenvalue weighted by Crippen LogP contribution is -2.50. The highest BCUT2D eigenvalue weighted by Crippen LogP contribution is 2.39. The van der Waals surface area contributed by atoms with Gasteiger partial charge in [-0.2, -0.15) is 0 Å². The number of benzene rings is 3. The predicted octanol–water partition coefficient (Wildman–Crippen LogP) is 9.10. The number of thiophene rings is 1. The van der Waals surface area contributed by atoms with Crippen molar-refractivity contribution >= 4 is 51.7 Å². The van der Waals surface area contributed by atoms with Crippen LogP contribution >= 0.6 is 11.3 Å². The van der Waals surface area contributed by atoms with Gasteiger partial charge in [-0.05, 0) is 131 Å². The first kappa shape index (κ1) is 44.8. The van der Waals surface area contributed by atoms with Crippen molar-refractivity contribution in [2.45, 2.75) is 117 Å². The van der Waals surface area contributed by atoms with E-state index in [4.69, 9.17) is 10.2 Å². The molecule has 1 aromatic heterocycles. The SMILES string of the molecule is CCC(CC)N(CCN(C(=O)CCC(=O)O)C(C)(C)C)Cc1cccc(C(=O)Nc2sc3c(c2C(=O)Nc2ccc(CCc4ccc(C(=O)O)cc4)cc2)CCCC3)c1. The zero-order valence-electron chi connectivity index (χ0n) is 34.9. The van der Waals surface area contributed by atoms with Crippen LogP contribution in [0.2, 0.25) is 0 Å². The molecule has 0 fully saturated rings. The van der Waals surface area contributed by atoms with E-state index >= 15 is 0 Å². The van der Waals surface area contributed by atoms with Crippen molar-refractivity contribution in [3.63, 3.8) is 0 Å². The highest BCUT2D eigenvalue weighted by molar-refractivity contribution is 7.17. The largest absolute Gasteiger partial charge is 0.481 e. The summed E-state index contributed by atoms with van der Waals surface area (Å²) in [5.41, 5.74) is 5.53. The van der Waals surface area contributed by atoms with Gasteiger partial charge in [0.2, 0.25) is 5.91 Å². The van der Waals surface area contributed by atoms with Gasteiger partial charge in [-0.1, -0.05) is 50.2 Å². The third kappa shape index (κ3) is 12.3. The lowest BCUT2D eigenvalue weighted by Gasteiger charge is -2.39. The second kappa shape index (κ2) is 20.6. The molecule has 5 rings (SSSR count). The summed E-state index contributed by atoms with van der Waals surface area (Å²) in [4.78, 5) is 68.6. The normalized spacial score (nSPS) is 12.6. The molecule has 4 aromatic rings. The average molecular weight is 823 g/mol. The van der Waals surface area contributed by atoms with Gasteiger partial charge in [-0.15, -0.1) is 11.3 Å². The van der Waals surface area contributed by atoms with Crippen LogP contribution in [0, 0.1) is 0 Å². The fraction of sp³-hybridized carbons (Fsp3) is 0.426.